The second kappa shape index (κ2) is 10.3. The fourth-order valence-electron chi connectivity index (χ4n) is 4.09. The van der Waals surface area contributed by atoms with Gasteiger partial charge in [0.05, 0.1) is 34.5 Å². The van der Waals surface area contributed by atoms with Gasteiger partial charge in [-0.3, -0.25) is 20.2 Å². The average molecular weight is 490 g/mol. The molecule has 2 aliphatic rings. The van der Waals surface area contributed by atoms with Gasteiger partial charge in [-0.15, -0.1) is 0 Å². The Bertz CT molecular complexity index is 1070. The maximum absolute atomic E-state index is 12.8. The topological polar surface area (TPSA) is 100.0 Å². The van der Waals surface area contributed by atoms with Gasteiger partial charge in [0.15, 0.2) is 5.11 Å². The van der Waals surface area contributed by atoms with Crippen LogP contribution in [0.15, 0.2) is 36.4 Å². The zero-order valence-electron chi connectivity index (χ0n) is 17.9. The summed E-state index contributed by atoms with van der Waals surface area (Å²) in [5.41, 5.74) is 2.03. The number of ether oxygens (including phenoxy) is 1. The molecule has 0 atom stereocenters. The maximum atomic E-state index is 12.8. The molecule has 0 radical (unpaired) electrons. The Morgan fingerprint density at radius 2 is 1.82 bits per heavy atom. The van der Waals surface area contributed by atoms with Gasteiger partial charge in [0, 0.05) is 37.8 Å². The van der Waals surface area contributed by atoms with E-state index in [4.69, 9.17) is 28.6 Å². The predicted octanol–water partition coefficient (Wildman–Crippen LogP) is 3.81. The molecule has 33 heavy (non-hydrogen) atoms. The number of hydrogen-bond acceptors (Lipinski definition) is 7. The van der Waals surface area contributed by atoms with Gasteiger partial charge in [0.2, 0.25) is 0 Å². The van der Waals surface area contributed by atoms with Crippen LogP contribution in [0.3, 0.4) is 0 Å². The van der Waals surface area contributed by atoms with Crippen LogP contribution in [0, 0.1) is 10.1 Å². The lowest BCUT2D eigenvalue weighted by atomic mass is 10.1. The lowest BCUT2D eigenvalue weighted by Gasteiger charge is -2.28. The van der Waals surface area contributed by atoms with Crippen molar-refractivity contribution in [3.63, 3.8) is 0 Å². The van der Waals surface area contributed by atoms with E-state index in [1.807, 2.05) is 23.1 Å². The second-order valence-electron chi connectivity index (χ2n) is 7.80. The van der Waals surface area contributed by atoms with Crippen molar-refractivity contribution in [1.29, 1.82) is 0 Å². The summed E-state index contributed by atoms with van der Waals surface area (Å²) in [4.78, 5) is 28.0. The summed E-state index contributed by atoms with van der Waals surface area (Å²) in [7, 11) is 0. The van der Waals surface area contributed by atoms with Crippen molar-refractivity contribution < 1.29 is 14.5 Å². The number of amides is 1. The van der Waals surface area contributed by atoms with Crippen LogP contribution in [0.1, 0.15) is 23.2 Å². The molecule has 0 spiro atoms. The van der Waals surface area contributed by atoms with Crippen LogP contribution in [-0.4, -0.2) is 55.3 Å². The number of halogens is 1. The van der Waals surface area contributed by atoms with E-state index >= 15 is 0 Å². The molecule has 0 bridgehead atoms. The Hall–Kier alpha value is -2.95. The summed E-state index contributed by atoms with van der Waals surface area (Å²) >= 11 is 11.8. The standard InChI is InChI=1S/C22H24ClN5O4S/c23-16-4-3-5-17(20(16)27-8-1-2-9-27)24-22(33)25-21(29)15-6-7-18(19(14-15)28(30)31)26-10-12-32-13-11-26/h3-7,14H,1-2,8-13H2,(H2,24,25,29,33). The highest BCUT2D eigenvalue weighted by Gasteiger charge is 2.24. The number of morpholine rings is 1. The Morgan fingerprint density at radius 1 is 1.09 bits per heavy atom. The fraction of sp³-hybridized carbons (Fsp3) is 0.364. The average Bonchev–Trinajstić information content (AvgIpc) is 3.33. The second-order valence-corrected chi connectivity index (χ2v) is 8.61. The van der Waals surface area contributed by atoms with Gasteiger partial charge in [-0.1, -0.05) is 17.7 Å². The monoisotopic (exact) mass is 489 g/mol. The number of nitrogens with one attached hydrogen (secondary N) is 2. The van der Waals surface area contributed by atoms with Crippen molar-refractivity contribution in [2.75, 3.05) is 54.5 Å². The molecule has 2 fully saturated rings. The van der Waals surface area contributed by atoms with Gasteiger partial charge < -0.3 is 19.9 Å². The SMILES string of the molecule is O=C(NC(=S)Nc1cccc(Cl)c1N1CCCC1)c1ccc(N2CCOCC2)c([N+](=O)[O-])c1. The molecule has 11 heteroatoms. The van der Waals surface area contributed by atoms with Crippen molar-refractivity contribution >= 4 is 57.6 Å². The summed E-state index contributed by atoms with van der Waals surface area (Å²) in [6, 6.07) is 9.90. The minimum atomic E-state index is -0.533. The van der Waals surface area contributed by atoms with E-state index < -0.39 is 10.8 Å². The third-order valence-electron chi connectivity index (χ3n) is 5.67. The highest BCUT2D eigenvalue weighted by Crippen LogP contribution is 2.36. The number of nitro benzene ring substituents is 1. The Morgan fingerprint density at radius 3 is 2.52 bits per heavy atom. The Balaban J connectivity index is 1.48. The van der Waals surface area contributed by atoms with E-state index in [9.17, 15) is 14.9 Å². The predicted molar refractivity (Wildman–Crippen MR) is 133 cm³/mol. The van der Waals surface area contributed by atoms with Crippen molar-refractivity contribution in [3.05, 3.63) is 57.1 Å². The van der Waals surface area contributed by atoms with E-state index in [0.717, 1.165) is 31.6 Å². The summed E-state index contributed by atoms with van der Waals surface area (Å²) < 4.78 is 5.32. The molecule has 0 aliphatic carbocycles. The number of carbonyl (C=O) groups is 1. The van der Waals surface area contributed by atoms with E-state index in [2.05, 4.69) is 15.5 Å². The number of benzene rings is 2. The van der Waals surface area contributed by atoms with Crippen LogP contribution in [-0.2, 0) is 4.74 Å². The molecule has 2 saturated heterocycles. The smallest absolute Gasteiger partial charge is 0.293 e. The van der Waals surface area contributed by atoms with Crippen LogP contribution in [0.2, 0.25) is 5.02 Å². The molecule has 0 saturated carbocycles. The molecule has 0 unspecified atom stereocenters. The molecule has 0 aromatic heterocycles. The molecule has 2 aliphatic heterocycles. The molecule has 2 N–H and O–H groups in total. The number of thiocarbonyl (C=S) groups is 1. The summed E-state index contributed by atoms with van der Waals surface area (Å²) in [5.74, 6) is -0.533. The number of para-hydroxylation sites is 1. The zero-order chi connectivity index (χ0) is 23.4. The lowest BCUT2D eigenvalue weighted by molar-refractivity contribution is -0.384. The Labute approximate surface area is 201 Å². The van der Waals surface area contributed by atoms with Crippen molar-refractivity contribution in [3.8, 4) is 0 Å². The Kier molecular flexibility index (Phi) is 7.26. The van der Waals surface area contributed by atoms with Gasteiger partial charge in [-0.25, -0.2) is 0 Å². The highest BCUT2D eigenvalue weighted by atomic mass is 35.5. The van der Waals surface area contributed by atoms with Crippen LogP contribution in [0.4, 0.5) is 22.7 Å². The van der Waals surface area contributed by atoms with Crippen LogP contribution in [0.5, 0.6) is 0 Å². The molecule has 174 valence electrons. The van der Waals surface area contributed by atoms with Gasteiger partial charge in [0.25, 0.3) is 11.6 Å². The van der Waals surface area contributed by atoms with E-state index in [1.54, 1.807) is 12.1 Å². The number of rotatable bonds is 5. The first-order valence-corrected chi connectivity index (χ1v) is 11.5. The van der Waals surface area contributed by atoms with Crippen molar-refractivity contribution in [2.24, 2.45) is 0 Å². The number of carbonyl (C=O) groups excluding carboxylic acids is 1. The summed E-state index contributed by atoms with van der Waals surface area (Å²) in [6.45, 7) is 3.91. The minimum Gasteiger partial charge on any atom is -0.378 e. The van der Waals surface area contributed by atoms with Crippen molar-refractivity contribution in [1.82, 2.24) is 5.32 Å². The number of nitrogens with zero attached hydrogens (tertiary/aromatic N) is 3. The van der Waals surface area contributed by atoms with E-state index in [0.29, 0.717) is 42.7 Å². The largest absolute Gasteiger partial charge is 0.378 e. The van der Waals surface area contributed by atoms with E-state index in [-0.39, 0.29) is 16.4 Å². The molecule has 1 amide bonds. The molecule has 2 aromatic carbocycles. The normalized spacial score (nSPS) is 15.9. The van der Waals surface area contributed by atoms with Gasteiger partial charge in [0.1, 0.15) is 5.69 Å². The quantitative estimate of drug-likeness (QED) is 0.371. The fourth-order valence-corrected chi connectivity index (χ4v) is 4.59. The number of hydrogen-bond donors (Lipinski definition) is 2. The van der Waals surface area contributed by atoms with Crippen molar-refractivity contribution in [2.45, 2.75) is 12.8 Å². The van der Waals surface area contributed by atoms with E-state index in [1.165, 1.54) is 6.07 Å². The molecule has 2 heterocycles. The minimum absolute atomic E-state index is 0.0858. The number of anilines is 3. The van der Waals surface area contributed by atoms with Gasteiger partial charge >= 0.3 is 0 Å². The zero-order valence-corrected chi connectivity index (χ0v) is 19.5. The molecule has 2 aromatic rings. The van der Waals surface area contributed by atoms with Gasteiger partial charge in [-0.05, 0) is 49.3 Å². The number of nitro groups is 1. The molecule has 4 rings (SSSR count). The van der Waals surface area contributed by atoms with Crippen LogP contribution in [0.25, 0.3) is 0 Å². The maximum Gasteiger partial charge on any atom is 0.293 e. The van der Waals surface area contributed by atoms with Crippen LogP contribution < -0.4 is 20.4 Å². The summed E-state index contributed by atoms with van der Waals surface area (Å²) in [5, 5.41) is 18.0. The van der Waals surface area contributed by atoms with Crippen LogP contribution >= 0.6 is 23.8 Å². The first-order valence-electron chi connectivity index (χ1n) is 10.7. The molecular weight excluding hydrogens is 466 g/mol. The third-order valence-corrected chi connectivity index (χ3v) is 6.18. The molecule has 9 nitrogen and oxygen atoms in total. The lowest BCUT2D eigenvalue weighted by Crippen LogP contribution is -2.37. The third kappa shape index (κ3) is 5.35. The highest BCUT2D eigenvalue weighted by molar-refractivity contribution is 7.80. The molecular formula is C22H24ClN5O4S. The first kappa shape index (κ1) is 23.2. The first-order chi connectivity index (χ1) is 15.9. The summed E-state index contributed by atoms with van der Waals surface area (Å²) in [6.07, 6.45) is 2.18. The van der Waals surface area contributed by atoms with Gasteiger partial charge in [-0.2, -0.15) is 0 Å².